The molecule has 0 saturated heterocycles. The van der Waals surface area contributed by atoms with Crippen LogP contribution in [0.25, 0.3) is 99.7 Å². The minimum Gasteiger partial charge on any atom is -0.455 e. The van der Waals surface area contributed by atoms with Crippen molar-refractivity contribution in [2.75, 3.05) is 0 Å². The van der Waals surface area contributed by atoms with Crippen LogP contribution in [0, 0.1) is 0 Å². The highest BCUT2D eigenvalue weighted by molar-refractivity contribution is 6.19. The van der Waals surface area contributed by atoms with E-state index < -0.39 is 0 Å². The predicted molar refractivity (Wildman–Crippen MR) is 209 cm³/mol. The second-order valence-corrected chi connectivity index (χ2v) is 13.0. The first-order chi connectivity index (χ1) is 25.3. The second-order valence-electron chi connectivity index (χ2n) is 13.0. The lowest BCUT2D eigenvalue weighted by atomic mass is 10.1. The molecule has 51 heavy (non-hydrogen) atoms. The molecule has 0 aliphatic heterocycles. The molecule has 0 unspecified atom stereocenters. The summed E-state index contributed by atoms with van der Waals surface area (Å²) in [5.41, 5.74) is 10.0. The number of benzene rings is 7. The van der Waals surface area contributed by atoms with E-state index >= 15 is 0 Å². The molecule has 4 aromatic heterocycles. The summed E-state index contributed by atoms with van der Waals surface area (Å²) in [5.74, 6) is 1.41. The molecule has 238 valence electrons. The Hall–Kier alpha value is -6.98. The lowest BCUT2D eigenvalue weighted by molar-refractivity contribution is 0.669. The molecule has 5 nitrogen and oxygen atoms in total. The van der Waals surface area contributed by atoms with Gasteiger partial charge in [0.2, 0.25) is 0 Å². The van der Waals surface area contributed by atoms with E-state index in [0.29, 0.717) is 5.82 Å². The lowest BCUT2D eigenvalue weighted by Crippen LogP contribution is -2.02. The van der Waals surface area contributed by atoms with Gasteiger partial charge in [0.05, 0.1) is 33.3 Å². The zero-order chi connectivity index (χ0) is 33.5. The van der Waals surface area contributed by atoms with E-state index in [1.54, 1.807) is 0 Å². The highest BCUT2D eigenvalue weighted by Crippen LogP contribution is 2.41. The number of furan rings is 1. The maximum absolute atomic E-state index is 6.49. The van der Waals surface area contributed by atoms with Crippen LogP contribution in [-0.4, -0.2) is 19.1 Å². The third-order valence-corrected chi connectivity index (χ3v) is 10.1. The zero-order valence-electron chi connectivity index (χ0n) is 27.4. The van der Waals surface area contributed by atoms with Crippen molar-refractivity contribution >= 4 is 65.6 Å². The van der Waals surface area contributed by atoms with Gasteiger partial charge in [-0.15, -0.1) is 0 Å². The average Bonchev–Trinajstić information content (AvgIpc) is 3.85. The van der Waals surface area contributed by atoms with E-state index in [4.69, 9.17) is 14.4 Å². The van der Waals surface area contributed by atoms with Gasteiger partial charge in [0.25, 0.3) is 0 Å². The molecule has 11 rings (SSSR count). The first kappa shape index (κ1) is 27.9. The number of hydrogen-bond donors (Lipinski definition) is 0. The summed E-state index contributed by atoms with van der Waals surface area (Å²) in [6.07, 6.45) is 0. The van der Waals surface area contributed by atoms with E-state index in [1.165, 1.54) is 32.6 Å². The molecule has 0 aliphatic carbocycles. The molecule has 0 aliphatic rings. The highest BCUT2D eigenvalue weighted by atomic mass is 16.3. The number of aromatic nitrogens is 4. The molecule has 0 saturated carbocycles. The SMILES string of the molecule is c1ccc(-c2cc(-n3c4ccccc4c4cc5c(cc43)c3ccccc3n5-c3ccccc3)nc(-c3cccc4c3oc3ccccc34)n2)cc1. The second kappa shape index (κ2) is 10.8. The molecule has 0 atom stereocenters. The van der Waals surface area contributed by atoms with Gasteiger partial charge in [0.1, 0.15) is 17.0 Å². The first-order valence-corrected chi connectivity index (χ1v) is 17.2. The van der Waals surface area contributed by atoms with Gasteiger partial charge in [-0.25, -0.2) is 9.97 Å². The van der Waals surface area contributed by atoms with E-state index in [1.807, 2.05) is 24.3 Å². The zero-order valence-corrected chi connectivity index (χ0v) is 27.4. The highest BCUT2D eigenvalue weighted by Gasteiger charge is 2.21. The van der Waals surface area contributed by atoms with Gasteiger partial charge in [0.15, 0.2) is 5.82 Å². The van der Waals surface area contributed by atoms with Crippen molar-refractivity contribution in [2.24, 2.45) is 0 Å². The molecule has 0 amide bonds. The molecule has 0 spiro atoms. The molecule has 7 aromatic carbocycles. The van der Waals surface area contributed by atoms with Gasteiger partial charge >= 0.3 is 0 Å². The van der Waals surface area contributed by atoms with Crippen LogP contribution in [0.15, 0.2) is 174 Å². The van der Waals surface area contributed by atoms with Crippen LogP contribution in [0.5, 0.6) is 0 Å². The Labute approximate surface area is 292 Å². The molecular weight excluding hydrogens is 625 g/mol. The Morgan fingerprint density at radius 3 is 1.75 bits per heavy atom. The van der Waals surface area contributed by atoms with Crippen molar-refractivity contribution in [3.05, 3.63) is 170 Å². The summed E-state index contributed by atoms with van der Waals surface area (Å²) < 4.78 is 11.2. The van der Waals surface area contributed by atoms with Crippen LogP contribution in [0.1, 0.15) is 0 Å². The van der Waals surface area contributed by atoms with E-state index in [-0.39, 0.29) is 0 Å². The summed E-state index contributed by atoms with van der Waals surface area (Å²) in [4.78, 5) is 10.6. The minimum atomic E-state index is 0.615. The van der Waals surface area contributed by atoms with Gasteiger partial charge < -0.3 is 8.98 Å². The topological polar surface area (TPSA) is 48.8 Å². The maximum Gasteiger partial charge on any atom is 0.165 e. The fourth-order valence-electron chi connectivity index (χ4n) is 7.88. The molecule has 4 heterocycles. The summed E-state index contributed by atoms with van der Waals surface area (Å²) in [6.45, 7) is 0. The molecule has 11 aromatic rings. The third-order valence-electron chi connectivity index (χ3n) is 10.1. The number of nitrogens with zero attached hydrogens (tertiary/aromatic N) is 4. The Bertz CT molecular complexity index is 3130. The Balaban J connectivity index is 1.24. The Morgan fingerprint density at radius 1 is 0.412 bits per heavy atom. The average molecular weight is 653 g/mol. The molecule has 0 bridgehead atoms. The van der Waals surface area contributed by atoms with Crippen LogP contribution < -0.4 is 0 Å². The van der Waals surface area contributed by atoms with Crippen LogP contribution >= 0.6 is 0 Å². The fourth-order valence-corrected chi connectivity index (χ4v) is 7.88. The Morgan fingerprint density at radius 2 is 1.00 bits per heavy atom. The minimum absolute atomic E-state index is 0.615. The predicted octanol–water partition coefficient (Wildman–Crippen LogP) is 11.9. The normalized spacial score (nSPS) is 11.9. The summed E-state index contributed by atoms with van der Waals surface area (Å²) in [7, 11) is 0. The van der Waals surface area contributed by atoms with E-state index in [9.17, 15) is 0 Å². The van der Waals surface area contributed by atoms with Gasteiger partial charge in [-0.05, 0) is 48.5 Å². The lowest BCUT2D eigenvalue weighted by Gasteiger charge is -2.12. The molecule has 0 fully saturated rings. The summed E-state index contributed by atoms with van der Waals surface area (Å²) >= 11 is 0. The van der Waals surface area contributed by atoms with Gasteiger partial charge in [-0.3, -0.25) is 4.57 Å². The molecule has 5 heteroatoms. The summed E-state index contributed by atoms with van der Waals surface area (Å²) in [6, 6.07) is 59.5. The van der Waals surface area contributed by atoms with Gasteiger partial charge in [0, 0.05) is 49.6 Å². The standard InChI is InChI=1S/C46H28N4O/c1-3-14-29(15-4-1)38-28-44(48-46(47-38)35-22-13-21-34-33-20-9-12-25-43(33)51-45(34)35)50-40-24-11-8-19-32(40)37-26-41-36(27-42(37)50)31-18-7-10-23-39(31)49(41)30-16-5-2-6-17-30/h1-28H. The Kier molecular flexibility index (Phi) is 5.89. The molecule has 0 N–H and O–H groups in total. The van der Waals surface area contributed by atoms with Crippen LogP contribution in [-0.2, 0) is 0 Å². The summed E-state index contributed by atoms with van der Waals surface area (Å²) in [5, 5.41) is 6.86. The number of fused-ring (bicyclic) bond motifs is 9. The van der Waals surface area contributed by atoms with E-state index in [2.05, 4.69) is 155 Å². The van der Waals surface area contributed by atoms with Gasteiger partial charge in [-0.2, -0.15) is 0 Å². The quantitative estimate of drug-likeness (QED) is 0.190. The van der Waals surface area contributed by atoms with Crippen molar-refractivity contribution in [3.63, 3.8) is 0 Å². The van der Waals surface area contributed by atoms with Crippen molar-refractivity contribution in [1.82, 2.24) is 19.1 Å². The largest absolute Gasteiger partial charge is 0.455 e. The maximum atomic E-state index is 6.49. The van der Waals surface area contributed by atoms with Crippen molar-refractivity contribution < 1.29 is 4.42 Å². The molecular formula is C46H28N4O. The van der Waals surface area contributed by atoms with Gasteiger partial charge in [-0.1, -0.05) is 115 Å². The first-order valence-electron chi connectivity index (χ1n) is 17.2. The van der Waals surface area contributed by atoms with Crippen LogP contribution in [0.2, 0.25) is 0 Å². The van der Waals surface area contributed by atoms with E-state index in [0.717, 1.165) is 61.3 Å². The third kappa shape index (κ3) is 4.15. The number of hydrogen-bond acceptors (Lipinski definition) is 3. The molecule has 0 radical (unpaired) electrons. The van der Waals surface area contributed by atoms with Crippen molar-refractivity contribution in [1.29, 1.82) is 0 Å². The van der Waals surface area contributed by atoms with Crippen LogP contribution in [0.4, 0.5) is 0 Å². The number of para-hydroxylation sites is 5. The smallest absolute Gasteiger partial charge is 0.165 e. The van der Waals surface area contributed by atoms with Crippen molar-refractivity contribution in [3.8, 4) is 34.2 Å². The fraction of sp³-hybridized carbons (Fsp3) is 0. The number of rotatable bonds is 4. The van der Waals surface area contributed by atoms with Crippen LogP contribution in [0.3, 0.4) is 0 Å². The monoisotopic (exact) mass is 652 g/mol. The van der Waals surface area contributed by atoms with Crippen molar-refractivity contribution in [2.45, 2.75) is 0 Å².